The average Bonchev–Trinajstić information content (AvgIpc) is 3.04. The lowest BCUT2D eigenvalue weighted by molar-refractivity contribution is -0.126. The van der Waals surface area contributed by atoms with Gasteiger partial charge in [-0.25, -0.2) is 8.42 Å². The Morgan fingerprint density at radius 2 is 2.00 bits per heavy atom. The molecule has 5 nitrogen and oxygen atoms in total. The lowest BCUT2D eigenvalue weighted by Crippen LogP contribution is -2.47. The summed E-state index contributed by atoms with van der Waals surface area (Å²) in [5, 5.41) is 4.84. The van der Waals surface area contributed by atoms with Crippen LogP contribution in [-0.4, -0.2) is 37.8 Å². The number of rotatable bonds is 6. The molecule has 1 amide bonds. The molecule has 0 radical (unpaired) electrons. The molecule has 0 spiro atoms. The summed E-state index contributed by atoms with van der Waals surface area (Å²) in [6.07, 6.45) is 3.04. The van der Waals surface area contributed by atoms with Gasteiger partial charge in [0.1, 0.15) is 4.21 Å². The van der Waals surface area contributed by atoms with Crippen LogP contribution in [0.3, 0.4) is 0 Å². The number of carbonyl (C=O) groups excluding carboxylic acids is 1. The normalized spacial score (nSPS) is 17.8. The molecule has 7 heteroatoms. The van der Waals surface area contributed by atoms with Crippen molar-refractivity contribution in [2.24, 2.45) is 5.92 Å². The molecule has 1 aliphatic rings. The van der Waals surface area contributed by atoms with Gasteiger partial charge in [-0.3, -0.25) is 4.79 Å². The molecule has 1 saturated heterocycles. The van der Waals surface area contributed by atoms with Crippen molar-refractivity contribution in [1.82, 2.24) is 9.62 Å². The second kappa shape index (κ2) is 7.57. The van der Waals surface area contributed by atoms with Crippen LogP contribution in [0.5, 0.6) is 0 Å². The summed E-state index contributed by atoms with van der Waals surface area (Å²) in [5.74, 6) is 0.164. The molecule has 2 rings (SSSR count). The third kappa shape index (κ3) is 3.88. The van der Waals surface area contributed by atoms with Crippen LogP contribution in [0.4, 0.5) is 0 Å². The summed E-state index contributed by atoms with van der Waals surface area (Å²) in [7, 11) is -3.36. The Morgan fingerprint density at radius 1 is 1.36 bits per heavy atom. The van der Waals surface area contributed by atoms with Crippen molar-refractivity contribution in [1.29, 1.82) is 0 Å². The van der Waals surface area contributed by atoms with Crippen molar-refractivity contribution in [2.75, 3.05) is 13.1 Å². The van der Waals surface area contributed by atoms with Gasteiger partial charge in [0, 0.05) is 25.0 Å². The quantitative estimate of drug-likeness (QED) is 0.862. The molecule has 0 atom stereocenters. The minimum atomic E-state index is -3.36. The molecular formula is C15H24N2O3S2. The van der Waals surface area contributed by atoms with E-state index in [2.05, 4.69) is 5.32 Å². The van der Waals surface area contributed by atoms with Crippen molar-refractivity contribution in [2.45, 2.75) is 49.8 Å². The van der Waals surface area contributed by atoms with Crippen molar-refractivity contribution < 1.29 is 13.2 Å². The molecule has 1 N–H and O–H groups in total. The van der Waals surface area contributed by atoms with Gasteiger partial charge in [0.15, 0.2) is 0 Å². The first kappa shape index (κ1) is 17.4. The van der Waals surface area contributed by atoms with Crippen molar-refractivity contribution in [3.05, 3.63) is 17.5 Å². The van der Waals surface area contributed by atoms with Crippen LogP contribution in [-0.2, 0) is 14.8 Å². The van der Waals surface area contributed by atoms with Gasteiger partial charge in [-0.1, -0.05) is 19.9 Å². The van der Waals surface area contributed by atoms with E-state index in [0.717, 1.165) is 12.8 Å². The Balaban J connectivity index is 1.90. The lowest BCUT2D eigenvalue weighted by atomic mass is 10.0. The Bertz CT molecular complexity index is 572. The minimum absolute atomic E-state index is 0.0629. The summed E-state index contributed by atoms with van der Waals surface area (Å²) >= 11 is 1.25. The highest BCUT2D eigenvalue weighted by atomic mass is 32.2. The molecule has 1 aromatic rings. The number of thiophene rings is 1. The Kier molecular flexibility index (Phi) is 6.00. The third-order valence-corrected chi connectivity index (χ3v) is 7.52. The van der Waals surface area contributed by atoms with E-state index in [1.54, 1.807) is 17.5 Å². The van der Waals surface area contributed by atoms with E-state index in [1.165, 1.54) is 15.6 Å². The largest absolute Gasteiger partial charge is 0.353 e. The number of carbonyl (C=O) groups is 1. The van der Waals surface area contributed by atoms with Gasteiger partial charge in [-0.15, -0.1) is 11.3 Å². The number of nitrogens with zero attached hydrogens (tertiary/aromatic N) is 1. The van der Waals surface area contributed by atoms with Crippen LogP contribution in [0.2, 0.25) is 0 Å². The Labute approximate surface area is 136 Å². The van der Waals surface area contributed by atoms with Crippen molar-refractivity contribution in [3.63, 3.8) is 0 Å². The van der Waals surface area contributed by atoms with Gasteiger partial charge >= 0.3 is 0 Å². The number of amides is 1. The summed E-state index contributed by atoms with van der Waals surface area (Å²) in [4.78, 5) is 12.1. The highest BCUT2D eigenvalue weighted by Gasteiger charge is 2.31. The van der Waals surface area contributed by atoms with Gasteiger partial charge in [-0.2, -0.15) is 4.31 Å². The van der Waals surface area contributed by atoms with Gasteiger partial charge in [0.25, 0.3) is 10.0 Å². The maximum absolute atomic E-state index is 12.4. The maximum Gasteiger partial charge on any atom is 0.252 e. The summed E-state index contributed by atoms with van der Waals surface area (Å²) < 4.78 is 26.8. The predicted octanol–water partition coefficient (Wildman–Crippen LogP) is 2.45. The summed E-state index contributed by atoms with van der Waals surface area (Å²) in [6.45, 7) is 4.97. The molecule has 124 valence electrons. The number of sulfonamides is 1. The van der Waals surface area contributed by atoms with Gasteiger partial charge in [-0.05, 0) is 37.1 Å². The lowest BCUT2D eigenvalue weighted by Gasteiger charge is -2.32. The van der Waals surface area contributed by atoms with Crippen molar-refractivity contribution in [3.8, 4) is 0 Å². The SMILES string of the molecule is CCC(CC)C(=O)NC1CCN(S(=O)(=O)c2cccs2)CC1. The standard InChI is InChI=1S/C15H24N2O3S2/c1-3-12(4-2)15(18)16-13-7-9-17(10-8-13)22(19,20)14-6-5-11-21-14/h5-6,11-13H,3-4,7-10H2,1-2H3,(H,16,18). The molecule has 0 aliphatic carbocycles. The van der Waals surface area contributed by atoms with Crippen LogP contribution in [0.1, 0.15) is 39.5 Å². The van der Waals surface area contributed by atoms with Crippen LogP contribution in [0, 0.1) is 5.92 Å². The summed E-state index contributed by atoms with van der Waals surface area (Å²) in [5.41, 5.74) is 0. The molecular weight excluding hydrogens is 320 g/mol. The van der Waals surface area contributed by atoms with E-state index in [0.29, 0.717) is 30.1 Å². The maximum atomic E-state index is 12.4. The second-order valence-electron chi connectivity index (χ2n) is 5.63. The predicted molar refractivity (Wildman–Crippen MR) is 88.3 cm³/mol. The van der Waals surface area contributed by atoms with Crippen LogP contribution < -0.4 is 5.32 Å². The van der Waals surface area contributed by atoms with Crippen molar-refractivity contribution >= 4 is 27.3 Å². The van der Waals surface area contributed by atoms with Crippen LogP contribution in [0.25, 0.3) is 0 Å². The molecule has 22 heavy (non-hydrogen) atoms. The molecule has 0 aromatic carbocycles. The number of hydrogen-bond donors (Lipinski definition) is 1. The number of piperidine rings is 1. The summed E-state index contributed by atoms with van der Waals surface area (Å²) in [6, 6.07) is 3.48. The van der Waals surface area contributed by atoms with Gasteiger partial charge < -0.3 is 5.32 Å². The van der Waals surface area contributed by atoms with E-state index >= 15 is 0 Å². The fraction of sp³-hybridized carbons (Fsp3) is 0.667. The van der Waals surface area contributed by atoms with Gasteiger partial charge in [0.2, 0.25) is 5.91 Å². The Hall–Kier alpha value is -0.920. The minimum Gasteiger partial charge on any atom is -0.353 e. The van der Waals surface area contributed by atoms with Crippen LogP contribution in [0.15, 0.2) is 21.7 Å². The fourth-order valence-corrected chi connectivity index (χ4v) is 5.37. The molecule has 1 aromatic heterocycles. The average molecular weight is 345 g/mol. The monoisotopic (exact) mass is 344 g/mol. The number of nitrogens with one attached hydrogen (secondary N) is 1. The zero-order valence-electron chi connectivity index (χ0n) is 13.1. The van der Waals surface area contributed by atoms with E-state index in [4.69, 9.17) is 0 Å². The first-order chi connectivity index (χ1) is 10.5. The highest BCUT2D eigenvalue weighted by Crippen LogP contribution is 2.24. The first-order valence-electron chi connectivity index (χ1n) is 7.83. The second-order valence-corrected chi connectivity index (χ2v) is 8.74. The molecule has 0 saturated carbocycles. The Morgan fingerprint density at radius 3 is 2.50 bits per heavy atom. The first-order valence-corrected chi connectivity index (χ1v) is 10.1. The van der Waals surface area contributed by atoms with Gasteiger partial charge in [0.05, 0.1) is 0 Å². The van der Waals surface area contributed by atoms with E-state index in [1.807, 2.05) is 13.8 Å². The fourth-order valence-electron chi connectivity index (χ4n) is 2.76. The molecule has 1 aliphatic heterocycles. The van der Waals surface area contributed by atoms with Crippen LogP contribution >= 0.6 is 11.3 Å². The van der Waals surface area contributed by atoms with E-state index < -0.39 is 10.0 Å². The zero-order chi connectivity index (χ0) is 16.2. The highest BCUT2D eigenvalue weighted by molar-refractivity contribution is 7.91. The van der Waals surface area contributed by atoms with E-state index in [9.17, 15) is 13.2 Å². The third-order valence-electron chi connectivity index (χ3n) is 4.25. The molecule has 1 fully saturated rings. The molecule has 0 bridgehead atoms. The molecule has 2 heterocycles. The topological polar surface area (TPSA) is 66.5 Å². The number of hydrogen-bond acceptors (Lipinski definition) is 4. The molecule has 0 unspecified atom stereocenters. The zero-order valence-corrected chi connectivity index (χ0v) is 14.8. The van der Waals surface area contributed by atoms with E-state index in [-0.39, 0.29) is 17.9 Å². The smallest absolute Gasteiger partial charge is 0.252 e.